The minimum absolute atomic E-state index is 0.0583. The zero-order valence-corrected chi connectivity index (χ0v) is 13.4. The number of carbonyl (C=O) groups excluding carboxylic acids is 1. The Morgan fingerprint density at radius 3 is 2.62 bits per heavy atom. The van der Waals surface area contributed by atoms with E-state index in [0.717, 1.165) is 18.0 Å². The second kappa shape index (κ2) is 6.90. The van der Waals surface area contributed by atoms with Crippen LogP contribution in [0, 0.1) is 0 Å². The van der Waals surface area contributed by atoms with Crippen LogP contribution in [0.5, 0.6) is 5.75 Å². The van der Waals surface area contributed by atoms with Crippen LogP contribution < -0.4 is 10.1 Å². The zero-order valence-electron chi connectivity index (χ0n) is 13.4. The van der Waals surface area contributed by atoms with Crippen LogP contribution in [0.25, 0.3) is 0 Å². The molecule has 0 bridgehead atoms. The topological polar surface area (TPSA) is 69.0 Å². The number of hydrogen-bond acceptors (Lipinski definition) is 4. The second-order valence-corrected chi connectivity index (χ2v) is 5.45. The third kappa shape index (κ3) is 4.46. The molecule has 0 radical (unpaired) electrons. The summed E-state index contributed by atoms with van der Waals surface area (Å²) in [5.41, 5.74) is 0.0583. The average Bonchev–Trinajstić information content (AvgIpc) is 2.84. The Balaban J connectivity index is 2.04. The molecule has 0 aliphatic carbocycles. The number of nitrogens with zero attached hydrogens (tertiary/aromatic N) is 3. The number of carbonyl (C=O) groups is 1. The van der Waals surface area contributed by atoms with Crippen molar-refractivity contribution in [2.75, 3.05) is 0 Å². The molecule has 1 aromatic carbocycles. The third-order valence-electron chi connectivity index (χ3n) is 3.25. The average molecular weight is 342 g/mol. The quantitative estimate of drug-likeness (QED) is 0.907. The summed E-state index contributed by atoms with van der Waals surface area (Å²) in [6.45, 7) is 4.05. The number of aromatic nitrogens is 3. The maximum absolute atomic E-state index is 12.2. The molecule has 2 rings (SSSR count). The van der Waals surface area contributed by atoms with Crippen LogP contribution in [0.2, 0.25) is 0 Å². The van der Waals surface area contributed by atoms with Crippen LogP contribution in [-0.4, -0.2) is 27.0 Å². The molecule has 6 nitrogen and oxygen atoms in total. The van der Waals surface area contributed by atoms with E-state index in [9.17, 15) is 18.0 Å². The SMILES string of the molecule is CC(C)c1nnc(CNC(=O)c2cccc(OC(F)(F)F)c2)n1C. The minimum Gasteiger partial charge on any atom is -0.406 e. The number of amides is 1. The molecular formula is C15H17F3N4O2. The fourth-order valence-corrected chi connectivity index (χ4v) is 2.13. The number of nitrogens with one attached hydrogen (secondary N) is 1. The molecule has 130 valence electrons. The summed E-state index contributed by atoms with van der Waals surface area (Å²) in [6.07, 6.45) is -4.80. The molecule has 1 aromatic heterocycles. The van der Waals surface area contributed by atoms with Gasteiger partial charge in [-0.15, -0.1) is 23.4 Å². The number of ether oxygens (including phenoxy) is 1. The van der Waals surface area contributed by atoms with Gasteiger partial charge in [0.25, 0.3) is 5.91 Å². The lowest BCUT2D eigenvalue weighted by atomic mass is 10.2. The standard InChI is InChI=1S/C15H17F3N4O2/c1-9(2)13-21-20-12(22(13)3)8-19-14(23)10-5-4-6-11(7-10)24-15(16,17)18/h4-7,9H,8H2,1-3H3,(H,19,23). The van der Waals surface area contributed by atoms with Crippen molar-refractivity contribution in [2.24, 2.45) is 7.05 Å². The number of alkyl halides is 3. The lowest BCUT2D eigenvalue weighted by Crippen LogP contribution is -2.25. The molecule has 9 heteroatoms. The van der Waals surface area contributed by atoms with Gasteiger partial charge in [0, 0.05) is 18.5 Å². The first kappa shape index (κ1) is 17.8. The van der Waals surface area contributed by atoms with Crippen molar-refractivity contribution in [3.05, 3.63) is 41.5 Å². The van der Waals surface area contributed by atoms with Gasteiger partial charge in [-0.1, -0.05) is 19.9 Å². The van der Waals surface area contributed by atoms with Crippen LogP contribution in [0.3, 0.4) is 0 Å². The van der Waals surface area contributed by atoms with Gasteiger partial charge in [-0.3, -0.25) is 4.79 Å². The van der Waals surface area contributed by atoms with Gasteiger partial charge in [-0.05, 0) is 18.2 Å². The van der Waals surface area contributed by atoms with Crippen molar-refractivity contribution in [3.8, 4) is 5.75 Å². The number of halogens is 3. The summed E-state index contributed by atoms with van der Waals surface area (Å²) >= 11 is 0. The van der Waals surface area contributed by atoms with Gasteiger partial charge in [-0.25, -0.2) is 0 Å². The smallest absolute Gasteiger partial charge is 0.406 e. The predicted molar refractivity (Wildman–Crippen MR) is 79.4 cm³/mol. The summed E-state index contributed by atoms with van der Waals surface area (Å²) < 4.78 is 42.2. The van der Waals surface area contributed by atoms with Crippen LogP contribution in [0.15, 0.2) is 24.3 Å². The maximum Gasteiger partial charge on any atom is 0.573 e. The van der Waals surface area contributed by atoms with E-state index in [1.165, 1.54) is 12.1 Å². The van der Waals surface area contributed by atoms with E-state index in [4.69, 9.17) is 0 Å². The van der Waals surface area contributed by atoms with Crippen molar-refractivity contribution < 1.29 is 22.7 Å². The molecule has 1 heterocycles. The molecule has 0 spiro atoms. The molecule has 1 amide bonds. The van der Waals surface area contributed by atoms with E-state index >= 15 is 0 Å². The summed E-state index contributed by atoms with van der Waals surface area (Å²) in [5, 5.41) is 10.6. The molecule has 0 aliphatic rings. The summed E-state index contributed by atoms with van der Waals surface area (Å²) in [5.74, 6) is 0.533. The van der Waals surface area contributed by atoms with Crippen LogP contribution in [0.4, 0.5) is 13.2 Å². The number of benzene rings is 1. The predicted octanol–water partition coefficient (Wildman–Crippen LogP) is 2.77. The first-order valence-corrected chi connectivity index (χ1v) is 7.19. The lowest BCUT2D eigenvalue weighted by molar-refractivity contribution is -0.274. The second-order valence-electron chi connectivity index (χ2n) is 5.45. The van der Waals surface area contributed by atoms with E-state index in [2.05, 4.69) is 20.3 Å². The van der Waals surface area contributed by atoms with Gasteiger partial charge in [0.05, 0.1) is 6.54 Å². The molecule has 0 atom stereocenters. The maximum atomic E-state index is 12.2. The number of rotatable bonds is 5. The van der Waals surface area contributed by atoms with Crippen molar-refractivity contribution >= 4 is 5.91 Å². The summed E-state index contributed by atoms with van der Waals surface area (Å²) in [7, 11) is 1.79. The third-order valence-corrected chi connectivity index (χ3v) is 3.25. The molecule has 2 aromatic rings. The van der Waals surface area contributed by atoms with Gasteiger partial charge < -0.3 is 14.6 Å². The van der Waals surface area contributed by atoms with Gasteiger partial charge in [0.15, 0.2) is 5.82 Å². The number of hydrogen-bond donors (Lipinski definition) is 1. The van der Waals surface area contributed by atoms with E-state index < -0.39 is 18.0 Å². The molecule has 0 aliphatic heterocycles. The van der Waals surface area contributed by atoms with Crippen LogP contribution in [-0.2, 0) is 13.6 Å². The van der Waals surface area contributed by atoms with Gasteiger partial charge >= 0.3 is 6.36 Å². The Morgan fingerprint density at radius 2 is 2.04 bits per heavy atom. The molecule has 0 fully saturated rings. The van der Waals surface area contributed by atoms with E-state index in [0.29, 0.717) is 5.82 Å². The molecule has 0 unspecified atom stereocenters. The Hall–Kier alpha value is -2.58. The summed E-state index contributed by atoms with van der Waals surface area (Å²) in [4.78, 5) is 12.1. The van der Waals surface area contributed by atoms with Crippen molar-refractivity contribution in [2.45, 2.75) is 32.7 Å². The van der Waals surface area contributed by atoms with Crippen LogP contribution in [0.1, 0.15) is 41.8 Å². The summed E-state index contributed by atoms with van der Waals surface area (Å²) in [6, 6.07) is 4.87. The highest BCUT2D eigenvalue weighted by Crippen LogP contribution is 2.23. The van der Waals surface area contributed by atoms with Crippen molar-refractivity contribution in [1.82, 2.24) is 20.1 Å². The first-order valence-electron chi connectivity index (χ1n) is 7.19. The highest BCUT2D eigenvalue weighted by Gasteiger charge is 2.31. The van der Waals surface area contributed by atoms with E-state index in [1.54, 1.807) is 11.6 Å². The highest BCUT2D eigenvalue weighted by atomic mass is 19.4. The zero-order chi connectivity index (χ0) is 17.9. The molecular weight excluding hydrogens is 325 g/mol. The molecule has 24 heavy (non-hydrogen) atoms. The van der Waals surface area contributed by atoms with E-state index in [1.807, 2.05) is 13.8 Å². The Labute approximate surface area is 136 Å². The van der Waals surface area contributed by atoms with Gasteiger partial charge in [0.2, 0.25) is 0 Å². The van der Waals surface area contributed by atoms with E-state index in [-0.39, 0.29) is 18.0 Å². The van der Waals surface area contributed by atoms with Crippen molar-refractivity contribution in [3.63, 3.8) is 0 Å². The Kier molecular flexibility index (Phi) is 5.10. The monoisotopic (exact) mass is 342 g/mol. The van der Waals surface area contributed by atoms with Crippen molar-refractivity contribution in [1.29, 1.82) is 0 Å². The van der Waals surface area contributed by atoms with Gasteiger partial charge in [0.1, 0.15) is 11.6 Å². The normalized spacial score (nSPS) is 11.6. The Bertz CT molecular complexity index is 726. The fraction of sp³-hybridized carbons (Fsp3) is 0.400. The molecule has 0 saturated heterocycles. The lowest BCUT2D eigenvalue weighted by Gasteiger charge is -2.10. The van der Waals surface area contributed by atoms with Crippen LogP contribution >= 0.6 is 0 Å². The Morgan fingerprint density at radius 1 is 1.33 bits per heavy atom. The highest BCUT2D eigenvalue weighted by molar-refractivity contribution is 5.94. The minimum atomic E-state index is -4.80. The largest absolute Gasteiger partial charge is 0.573 e. The molecule has 1 N–H and O–H groups in total. The molecule has 0 saturated carbocycles. The first-order chi connectivity index (χ1) is 11.2. The fourth-order valence-electron chi connectivity index (χ4n) is 2.13. The van der Waals surface area contributed by atoms with Gasteiger partial charge in [-0.2, -0.15) is 0 Å².